The lowest BCUT2D eigenvalue weighted by atomic mass is 10.1. The monoisotopic (exact) mass is 210 g/mol. The number of aromatic nitrogens is 4. The van der Waals surface area contributed by atoms with Gasteiger partial charge in [0.25, 0.3) is 0 Å². The fourth-order valence-electron chi connectivity index (χ4n) is 1.77. The highest BCUT2D eigenvalue weighted by Gasteiger charge is 2.06. The Morgan fingerprint density at radius 3 is 2.69 bits per heavy atom. The van der Waals surface area contributed by atoms with E-state index in [0.717, 1.165) is 22.5 Å². The zero-order chi connectivity index (χ0) is 11.0. The van der Waals surface area contributed by atoms with Gasteiger partial charge in [0.15, 0.2) is 5.65 Å². The average molecular weight is 210 g/mol. The summed E-state index contributed by atoms with van der Waals surface area (Å²) in [6.45, 7) is 1.96. The molecule has 0 fully saturated rings. The van der Waals surface area contributed by atoms with E-state index in [2.05, 4.69) is 15.1 Å². The molecule has 0 radical (unpaired) electrons. The number of aryl methyl sites for hydroxylation is 1. The first-order valence-electron chi connectivity index (χ1n) is 5.06. The van der Waals surface area contributed by atoms with Gasteiger partial charge in [-0.3, -0.25) is 4.98 Å². The highest BCUT2D eigenvalue weighted by molar-refractivity contribution is 5.76. The van der Waals surface area contributed by atoms with Gasteiger partial charge < -0.3 is 0 Å². The van der Waals surface area contributed by atoms with Crippen molar-refractivity contribution in [1.29, 1.82) is 0 Å². The van der Waals surface area contributed by atoms with Crippen LogP contribution < -0.4 is 0 Å². The van der Waals surface area contributed by atoms with Crippen LogP contribution in [-0.2, 0) is 0 Å². The maximum absolute atomic E-state index is 4.47. The standard InChI is InChI=1S/C12H10N4/c1-9-8-16-12(15-9)11(4-7-14-16)10-2-5-13-6-3-10/h2-8H,1H3. The van der Waals surface area contributed by atoms with E-state index in [1.165, 1.54) is 0 Å². The smallest absolute Gasteiger partial charge is 0.161 e. The third-order valence-electron chi connectivity index (χ3n) is 2.47. The molecule has 4 heteroatoms. The molecule has 78 valence electrons. The van der Waals surface area contributed by atoms with E-state index in [1.54, 1.807) is 23.1 Å². The van der Waals surface area contributed by atoms with E-state index in [1.807, 2.05) is 31.3 Å². The van der Waals surface area contributed by atoms with Crippen LogP contribution in [0.5, 0.6) is 0 Å². The molecule has 0 aliphatic rings. The van der Waals surface area contributed by atoms with Gasteiger partial charge in [-0.1, -0.05) is 0 Å². The second-order valence-electron chi connectivity index (χ2n) is 3.63. The normalized spacial score (nSPS) is 10.8. The summed E-state index contributed by atoms with van der Waals surface area (Å²) in [5, 5.41) is 4.23. The number of hydrogen-bond acceptors (Lipinski definition) is 3. The molecule has 0 N–H and O–H groups in total. The Balaban J connectivity index is 2.31. The first kappa shape index (κ1) is 9.03. The second-order valence-corrected chi connectivity index (χ2v) is 3.63. The Morgan fingerprint density at radius 2 is 1.88 bits per heavy atom. The molecule has 0 unspecified atom stereocenters. The Kier molecular flexibility index (Phi) is 1.93. The third kappa shape index (κ3) is 1.35. The fourth-order valence-corrected chi connectivity index (χ4v) is 1.77. The first-order chi connectivity index (χ1) is 7.84. The van der Waals surface area contributed by atoms with Crippen molar-refractivity contribution in [3.8, 4) is 11.1 Å². The summed E-state index contributed by atoms with van der Waals surface area (Å²) in [7, 11) is 0. The van der Waals surface area contributed by atoms with E-state index in [-0.39, 0.29) is 0 Å². The molecule has 0 saturated carbocycles. The molecular formula is C12H10N4. The van der Waals surface area contributed by atoms with Crippen molar-refractivity contribution in [1.82, 2.24) is 19.6 Å². The summed E-state index contributed by atoms with van der Waals surface area (Å²) in [6, 6.07) is 5.91. The maximum Gasteiger partial charge on any atom is 0.161 e. The lowest BCUT2D eigenvalue weighted by Crippen LogP contribution is -1.91. The van der Waals surface area contributed by atoms with Crippen LogP contribution in [0.3, 0.4) is 0 Å². The van der Waals surface area contributed by atoms with Gasteiger partial charge in [0.05, 0.1) is 11.9 Å². The Labute approximate surface area is 92.6 Å². The number of imidazole rings is 1. The van der Waals surface area contributed by atoms with Crippen LogP contribution in [0.1, 0.15) is 5.69 Å². The van der Waals surface area contributed by atoms with Crippen molar-refractivity contribution in [2.75, 3.05) is 0 Å². The predicted octanol–water partition coefficient (Wildman–Crippen LogP) is 2.10. The highest BCUT2D eigenvalue weighted by atomic mass is 15.2. The number of rotatable bonds is 1. The van der Waals surface area contributed by atoms with E-state index in [0.29, 0.717) is 0 Å². The third-order valence-corrected chi connectivity index (χ3v) is 2.47. The maximum atomic E-state index is 4.47. The van der Waals surface area contributed by atoms with Gasteiger partial charge >= 0.3 is 0 Å². The van der Waals surface area contributed by atoms with Crippen LogP contribution >= 0.6 is 0 Å². The van der Waals surface area contributed by atoms with Gasteiger partial charge in [0, 0.05) is 24.2 Å². The molecule has 3 heterocycles. The lowest BCUT2D eigenvalue weighted by molar-refractivity contribution is 0.936. The summed E-state index contributed by atoms with van der Waals surface area (Å²) < 4.78 is 1.80. The molecular weight excluding hydrogens is 200 g/mol. The number of nitrogens with zero attached hydrogens (tertiary/aromatic N) is 4. The van der Waals surface area contributed by atoms with Crippen LogP contribution in [0.4, 0.5) is 0 Å². The van der Waals surface area contributed by atoms with Crippen LogP contribution in [0.2, 0.25) is 0 Å². The minimum Gasteiger partial charge on any atom is -0.265 e. The van der Waals surface area contributed by atoms with E-state index >= 15 is 0 Å². The van der Waals surface area contributed by atoms with Crippen LogP contribution in [0.25, 0.3) is 16.8 Å². The summed E-state index contributed by atoms with van der Waals surface area (Å²) in [5.74, 6) is 0. The Bertz CT molecular complexity index is 628. The van der Waals surface area contributed by atoms with E-state index in [4.69, 9.17) is 0 Å². The number of fused-ring (bicyclic) bond motifs is 1. The molecule has 0 aromatic carbocycles. The number of pyridine rings is 1. The van der Waals surface area contributed by atoms with Crippen molar-refractivity contribution in [3.63, 3.8) is 0 Å². The van der Waals surface area contributed by atoms with Crippen molar-refractivity contribution in [2.45, 2.75) is 6.92 Å². The minimum absolute atomic E-state index is 0.881. The van der Waals surface area contributed by atoms with E-state index in [9.17, 15) is 0 Å². The minimum atomic E-state index is 0.881. The summed E-state index contributed by atoms with van der Waals surface area (Å²) in [6.07, 6.45) is 7.26. The lowest BCUT2D eigenvalue weighted by Gasteiger charge is -2.01. The van der Waals surface area contributed by atoms with Gasteiger partial charge in [0.2, 0.25) is 0 Å². The van der Waals surface area contributed by atoms with Gasteiger partial charge in [-0.15, -0.1) is 0 Å². The summed E-state index contributed by atoms with van der Waals surface area (Å²) in [4.78, 5) is 8.48. The SMILES string of the molecule is Cc1cn2nccc(-c3ccncc3)c2n1. The Morgan fingerprint density at radius 1 is 1.06 bits per heavy atom. The quantitative estimate of drug-likeness (QED) is 0.617. The molecule has 0 aliphatic carbocycles. The van der Waals surface area contributed by atoms with Gasteiger partial charge in [-0.05, 0) is 30.7 Å². The molecule has 4 nitrogen and oxygen atoms in total. The van der Waals surface area contributed by atoms with E-state index < -0.39 is 0 Å². The molecule has 3 aromatic rings. The molecule has 0 aliphatic heterocycles. The van der Waals surface area contributed by atoms with Crippen molar-refractivity contribution in [2.24, 2.45) is 0 Å². The zero-order valence-corrected chi connectivity index (χ0v) is 8.83. The summed E-state index contributed by atoms with van der Waals surface area (Å²) in [5.41, 5.74) is 4.03. The predicted molar refractivity (Wildman–Crippen MR) is 61.0 cm³/mol. The molecule has 0 atom stereocenters. The second kappa shape index (κ2) is 3.41. The fraction of sp³-hybridized carbons (Fsp3) is 0.0833. The zero-order valence-electron chi connectivity index (χ0n) is 8.83. The van der Waals surface area contributed by atoms with Gasteiger partial charge in [-0.25, -0.2) is 9.50 Å². The topological polar surface area (TPSA) is 43.1 Å². The van der Waals surface area contributed by atoms with Crippen LogP contribution in [0.15, 0.2) is 43.0 Å². The molecule has 16 heavy (non-hydrogen) atoms. The highest BCUT2D eigenvalue weighted by Crippen LogP contribution is 2.22. The molecule has 0 amide bonds. The van der Waals surface area contributed by atoms with Crippen LogP contribution in [-0.4, -0.2) is 19.6 Å². The molecule has 3 rings (SSSR count). The summed E-state index contributed by atoms with van der Waals surface area (Å²) >= 11 is 0. The largest absolute Gasteiger partial charge is 0.265 e. The molecule has 3 aromatic heterocycles. The molecule has 0 saturated heterocycles. The van der Waals surface area contributed by atoms with Crippen molar-refractivity contribution < 1.29 is 0 Å². The van der Waals surface area contributed by atoms with Gasteiger partial charge in [0.1, 0.15) is 0 Å². The average Bonchev–Trinajstić information content (AvgIpc) is 2.70. The first-order valence-corrected chi connectivity index (χ1v) is 5.06. The molecule has 0 spiro atoms. The molecule has 0 bridgehead atoms. The van der Waals surface area contributed by atoms with Crippen molar-refractivity contribution in [3.05, 3.63) is 48.7 Å². The Hall–Kier alpha value is -2.23. The number of hydrogen-bond donors (Lipinski definition) is 0. The van der Waals surface area contributed by atoms with Crippen molar-refractivity contribution >= 4 is 5.65 Å². The van der Waals surface area contributed by atoms with Gasteiger partial charge in [-0.2, -0.15) is 5.10 Å². The van der Waals surface area contributed by atoms with Crippen LogP contribution in [0, 0.1) is 6.92 Å².